The van der Waals surface area contributed by atoms with Gasteiger partial charge in [0, 0.05) is 30.1 Å². The molecule has 1 N–H and O–H groups in total. The lowest BCUT2D eigenvalue weighted by Gasteiger charge is -2.26. The van der Waals surface area contributed by atoms with Crippen LogP contribution in [0, 0.1) is 6.92 Å². The number of morpholine rings is 1. The Balaban J connectivity index is 1.62. The van der Waals surface area contributed by atoms with E-state index in [1.807, 2.05) is 13.0 Å². The van der Waals surface area contributed by atoms with Gasteiger partial charge in [0.25, 0.3) is 0 Å². The summed E-state index contributed by atoms with van der Waals surface area (Å²) in [6, 6.07) is 10.3. The highest BCUT2D eigenvalue weighted by atomic mass is 32.1. The summed E-state index contributed by atoms with van der Waals surface area (Å²) in [5, 5.41) is 14.1. The molecule has 1 saturated heterocycles. The van der Waals surface area contributed by atoms with Gasteiger partial charge in [-0.05, 0) is 6.92 Å². The van der Waals surface area contributed by atoms with E-state index in [1.54, 1.807) is 11.3 Å². The minimum Gasteiger partial charge on any atom is -0.379 e. The van der Waals surface area contributed by atoms with E-state index < -0.39 is 0 Å². The molecule has 0 atom stereocenters. The fourth-order valence-electron chi connectivity index (χ4n) is 2.73. The molecule has 6 nitrogen and oxygen atoms in total. The highest BCUT2D eigenvalue weighted by Gasteiger charge is 2.18. The Morgan fingerprint density at radius 3 is 2.60 bits per heavy atom. The van der Waals surface area contributed by atoms with Crippen LogP contribution in [-0.4, -0.2) is 46.4 Å². The van der Waals surface area contributed by atoms with E-state index in [-0.39, 0.29) is 0 Å². The molecule has 0 amide bonds. The first kappa shape index (κ1) is 16.6. The summed E-state index contributed by atoms with van der Waals surface area (Å²) in [5.41, 5.74) is 2.18. The van der Waals surface area contributed by atoms with E-state index in [0.717, 1.165) is 59.4 Å². The number of nitrogens with zero attached hydrogens (tertiary/aromatic N) is 4. The Morgan fingerprint density at radius 1 is 1.08 bits per heavy atom. The average molecular weight is 374 g/mol. The lowest BCUT2D eigenvalue weighted by atomic mass is 10.1. The topological polar surface area (TPSA) is 63.2 Å². The third-order valence-electron chi connectivity index (χ3n) is 3.96. The smallest absolute Gasteiger partial charge is 0.211 e. The SMILES string of the molecule is Cc1nnc(Nc2nc(-c3ccccc3)c(CN3CCOCC3)s2)s1. The molecule has 1 fully saturated rings. The van der Waals surface area contributed by atoms with Gasteiger partial charge in [0.1, 0.15) is 5.01 Å². The van der Waals surface area contributed by atoms with Gasteiger partial charge in [-0.1, -0.05) is 53.0 Å². The van der Waals surface area contributed by atoms with E-state index in [1.165, 1.54) is 16.2 Å². The minimum atomic E-state index is 0.781. The molecule has 0 radical (unpaired) electrons. The first-order valence-electron chi connectivity index (χ1n) is 8.20. The number of aromatic nitrogens is 3. The Kier molecular flexibility index (Phi) is 5.02. The molecule has 0 bridgehead atoms. The number of hydrogen-bond donors (Lipinski definition) is 1. The zero-order valence-corrected chi connectivity index (χ0v) is 15.6. The van der Waals surface area contributed by atoms with Crippen molar-refractivity contribution in [3.8, 4) is 11.3 Å². The Hall–Kier alpha value is -1.87. The van der Waals surface area contributed by atoms with Gasteiger partial charge in [-0.15, -0.1) is 10.2 Å². The van der Waals surface area contributed by atoms with Gasteiger partial charge in [0.15, 0.2) is 5.13 Å². The van der Waals surface area contributed by atoms with Crippen molar-refractivity contribution < 1.29 is 4.74 Å². The van der Waals surface area contributed by atoms with Crippen LogP contribution in [0.15, 0.2) is 30.3 Å². The molecule has 0 unspecified atom stereocenters. The predicted octanol–water partition coefficient (Wildman–Crippen LogP) is 3.55. The highest BCUT2D eigenvalue weighted by molar-refractivity contribution is 7.17. The van der Waals surface area contributed by atoms with E-state index in [9.17, 15) is 0 Å². The molecule has 0 aliphatic carbocycles. The summed E-state index contributed by atoms with van der Waals surface area (Å²) in [6.45, 7) is 6.37. The van der Waals surface area contributed by atoms with Gasteiger partial charge in [0.05, 0.1) is 18.9 Å². The quantitative estimate of drug-likeness (QED) is 0.738. The van der Waals surface area contributed by atoms with Crippen LogP contribution in [0.4, 0.5) is 10.3 Å². The second kappa shape index (κ2) is 7.57. The largest absolute Gasteiger partial charge is 0.379 e. The zero-order chi connectivity index (χ0) is 17.1. The summed E-state index contributed by atoms with van der Waals surface area (Å²) in [7, 11) is 0. The van der Waals surface area contributed by atoms with Gasteiger partial charge >= 0.3 is 0 Å². The molecule has 1 aliphatic rings. The van der Waals surface area contributed by atoms with Crippen molar-refractivity contribution in [3.63, 3.8) is 0 Å². The van der Waals surface area contributed by atoms with E-state index in [2.05, 4.69) is 44.7 Å². The van der Waals surface area contributed by atoms with Crippen LogP contribution in [0.1, 0.15) is 9.88 Å². The number of ether oxygens (including phenoxy) is 1. The third kappa shape index (κ3) is 4.04. The van der Waals surface area contributed by atoms with Gasteiger partial charge in [0.2, 0.25) is 5.13 Å². The average Bonchev–Trinajstić information content (AvgIpc) is 3.23. The minimum absolute atomic E-state index is 0.781. The maximum absolute atomic E-state index is 5.46. The number of anilines is 2. The summed E-state index contributed by atoms with van der Waals surface area (Å²) in [6.07, 6.45) is 0. The maximum Gasteiger partial charge on any atom is 0.211 e. The molecule has 1 aromatic carbocycles. The molecular formula is C17H19N5OS2. The number of aryl methyl sites for hydroxylation is 1. The van der Waals surface area contributed by atoms with Crippen molar-refractivity contribution in [2.45, 2.75) is 13.5 Å². The van der Waals surface area contributed by atoms with Gasteiger partial charge in [-0.2, -0.15) is 0 Å². The van der Waals surface area contributed by atoms with Crippen molar-refractivity contribution in [1.82, 2.24) is 20.1 Å². The maximum atomic E-state index is 5.46. The van der Waals surface area contributed by atoms with Crippen LogP contribution < -0.4 is 5.32 Å². The van der Waals surface area contributed by atoms with Crippen LogP contribution >= 0.6 is 22.7 Å². The lowest BCUT2D eigenvalue weighted by molar-refractivity contribution is 0.0347. The van der Waals surface area contributed by atoms with Crippen molar-refractivity contribution in [3.05, 3.63) is 40.2 Å². The fraction of sp³-hybridized carbons (Fsp3) is 0.353. The second-order valence-corrected chi connectivity index (χ2v) is 8.06. The van der Waals surface area contributed by atoms with Crippen molar-refractivity contribution in [2.24, 2.45) is 0 Å². The molecule has 3 heterocycles. The molecule has 130 valence electrons. The first-order chi connectivity index (χ1) is 12.3. The molecule has 3 aromatic rings. The number of nitrogens with one attached hydrogen (secondary N) is 1. The van der Waals surface area contributed by atoms with Crippen LogP contribution in [0.2, 0.25) is 0 Å². The number of benzene rings is 1. The Morgan fingerprint density at radius 2 is 1.88 bits per heavy atom. The van der Waals surface area contributed by atoms with Gasteiger partial charge < -0.3 is 10.1 Å². The van der Waals surface area contributed by atoms with Crippen LogP contribution in [-0.2, 0) is 11.3 Å². The fourth-order valence-corrected chi connectivity index (χ4v) is 4.42. The first-order valence-corrected chi connectivity index (χ1v) is 9.83. The number of hydrogen-bond acceptors (Lipinski definition) is 8. The van der Waals surface area contributed by atoms with Gasteiger partial charge in [-0.3, -0.25) is 4.90 Å². The normalized spacial score (nSPS) is 15.4. The van der Waals surface area contributed by atoms with Gasteiger partial charge in [-0.25, -0.2) is 4.98 Å². The van der Waals surface area contributed by atoms with Crippen molar-refractivity contribution in [1.29, 1.82) is 0 Å². The highest BCUT2D eigenvalue weighted by Crippen LogP contribution is 2.34. The molecular weight excluding hydrogens is 354 g/mol. The molecule has 4 rings (SSSR count). The molecule has 1 aliphatic heterocycles. The summed E-state index contributed by atoms with van der Waals surface area (Å²) >= 11 is 3.22. The molecule has 2 aromatic heterocycles. The van der Waals surface area contributed by atoms with Crippen LogP contribution in [0.5, 0.6) is 0 Å². The number of rotatable bonds is 5. The summed E-state index contributed by atoms with van der Waals surface area (Å²) < 4.78 is 5.46. The third-order valence-corrected chi connectivity index (χ3v) is 5.67. The molecule has 0 saturated carbocycles. The molecule has 0 spiro atoms. The van der Waals surface area contributed by atoms with Crippen LogP contribution in [0.25, 0.3) is 11.3 Å². The van der Waals surface area contributed by atoms with Crippen molar-refractivity contribution >= 4 is 32.9 Å². The van der Waals surface area contributed by atoms with E-state index >= 15 is 0 Å². The molecule has 8 heteroatoms. The van der Waals surface area contributed by atoms with E-state index in [4.69, 9.17) is 9.72 Å². The monoisotopic (exact) mass is 373 g/mol. The van der Waals surface area contributed by atoms with Crippen molar-refractivity contribution in [2.75, 3.05) is 31.6 Å². The summed E-state index contributed by atoms with van der Waals surface area (Å²) in [4.78, 5) is 8.52. The van der Waals surface area contributed by atoms with E-state index in [0.29, 0.717) is 0 Å². The zero-order valence-electron chi connectivity index (χ0n) is 13.9. The summed E-state index contributed by atoms with van der Waals surface area (Å²) in [5.74, 6) is 0. The standard InChI is InChI=1S/C17H19N5OS2/c1-12-20-21-17(24-12)19-16-18-15(13-5-3-2-4-6-13)14(25-16)11-22-7-9-23-10-8-22/h2-6H,7-11H2,1H3,(H,18,19,21). The predicted molar refractivity (Wildman–Crippen MR) is 102 cm³/mol. The molecule has 25 heavy (non-hydrogen) atoms. The van der Waals surface area contributed by atoms with Crippen LogP contribution in [0.3, 0.4) is 0 Å². The number of thiazole rings is 1. The Labute approximate surface area is 154 Å². The second-order valence-electron chi connectivity index (χ2n) is 5.80. The Bertz CT molecular complexity index is 827. The lowest BCUT2D eigenvalue weighted by Crippen LogP contribution is -2.35.